The van der Waals surface area contributed by atoms with Crippen molar-refractivity contribution in [3.05, 3.63) is 0 Å². The lowest BCUT2D eigenvalue weighted by molar-refractivity contribution is -0.138. The molecule has 2 atom stereocenters. The average Bonchev–Trinajstić information content (AvgIpc) is 2.41. The minimum atomic E-state index is -0.119. The summed E-state index contributed by atoms with van der Waals surface area (Å²) in [6, 6.07) is 0. The first-order valence-electron chi connectivity index (χ1n) is 6.84. The lowest BCUT2D eigenvalue weighted by Crippen LogP contribution is -2.48. The second kappa shape index (κ2) is 5.70. The van der Waals surface area contributed by atoms with E-state index in [0.717, 1.165) is 13.0 Å². The van der Waals surface area contributed by atoms with Crippen LogP contribution in [0.4, 0.5) is 0 Å². The Labute approximate surface area is 100 Å². The molecule has 1 aliphatic carbocycles. The van der Waals surface area contributed by atoms with Crippen molar-refractivity contribution in [3.8, 4) is 0 Å². The highest BCUT2D eigenvalue weighted by Gasteiger charge is 2.45. The molecule has 1 amide bonds. The Bertz CT molecular complexity index is 237. The topological polar surface area (TPSA) is 29.1 Å². The van der Waals surface area contributed by atoms with E-state index >= 15 is 0 Å². The zero-order valence-electron chi connectivity index (χ0n) is 11.3. The van der Waals surface area contributed by atoms with Gasteiger partial charge in [-0.25, -0.2) is 0 Å². The van der Waals surface area contributed by atoms with E-state index in [9.17, 15) is 4.79 Å². The van der Waals surface area contributed by atoms with Crippen molar-refractivity contribution < 1.29 is 4.79 Å². The minimum absolute atomic E-state index is 0.119. The van der Waals surface area contributed by atoms with Crippen LogP contribution in [-0.2, 0) is 4.79 Å². The monoisotopic (exact) mass is 225 g/mol. The summed E-state index contributed by atoms with van der Waals surface area (Å²) in [6.07, 6.45) is 6.06. The standard InChI is InChI=1S/C14H27NO/c1-5-15-13(16)14(11(2)3)10-8-6-7-9-12(14)4/h11-12H,5-10H2,1-4H3,(H,15,16). The van der Waals surface area contributed by atoms with Crippen molar-refractivity contribution in [1.82, 2.24) is 5.32 Å². The Morgan fingerprint density at radius 1 is 1.38 bits per heavy atom. The van der Waals surface area contributed by atoms with Crippen molar-refractivity contribution >= 4 is 5.91 Å². The fourth-order valence-electron chi connectivity index (χ4n) is 3.33. The average molecular weight is 225 g/mol. The molecule has 2 heteroatoms. The number of carbonyl (C=O) groups excluding carboxylic acids is 1. The first kappa shape index (κ1) is 13.5. The third kappa shape index (κ3) is 2.41. The second-order valence-electron chi connectivity index (χ2n) is 5.55. The van der Waals surface area contributed by atoms with Crippen LogP contribution in [0, 0.1) is 17.3 Å². The molecule has 0 aromatic rings. The predicted molar refractivity (Wildman–Crippen MR) is 68.2 cm³/mol. The molecule has 16 heavy (non-hydrogen) atoms. The summed E-state index contributed by atoms with van der Waals surface area (Å²) in [5.74, 6) is 1.24. The van der Waals surface area contributed by atoms with Gasteiger partial charge in [0.25, 0.3) is 0 Å². The van der Waals surface area contributed by atoms with Crippen LogP contribution in [0.25, 0.3) is 0 Å². The third-order valence-electron chi connectivity index (χ3n) is 4.40. The van der Waals surface area contributed by atoms with Gasteiger partial charge in [-0.05, 0) is 31.6 Å². The van der Waals surface area contributed by atoms with Crippen molar-refractivity contribution in [3.63, 3.8) is 0 Å². The van der Waals surface area contributed by atoms with Crippen LogP contribution < -0.4 is 5.32 Å². The van der Waals surface area contributed by atoms with Gasteiger partial charge < -0.3 is 5.32 Å². The van der Waals surface area contributed by atoms with Gasteiger partial charge in [-0.2, -0.15) is 0 Å². The maximum Gasteiger partial charge on any atom is 0.226 e. The molecule has 94 valence electrons. The molecular weight excluding hydrogens is 198 g/mol. The number of hydrogen-bond donors (Lipinski definition) is 1. The minimum Gasteiger partial charge on any atom is -0.356 e. The van der Waals surface area contributed by atoms with Gasteiger partial charge in [0.15, 0.2) is 0 Å². The van der Waals surface area contributed by atoms with E-state index in [1.807, 2.05) is 6.92 Å². The van der Waals surface area contributed by atoms with Crippen LogP contribution in [0.15, 0.2) is 0 Å². The molecule has 1 rings (SSSR count). The highest BCUT2D eigenvalue weighted by Crippen LogP contribution is 2.45. The van der Waals surface area contributed by atoms with Crippen LogP contribution in [-0.4, -0.2) is 12.5 Å². The van der Waals surface area contributed by atoms with E-state index in [1.165, 1.54) is 25.7 Å². The second-order valence-corrected chi connectivity index (χ2v) is 5.55. The van der Waals surface area contributed by atoms with Gasteiger partial charge in [-0.3, -0.25) is 4.79 Å². The molecule has 2 unspecified atom stereocenters. The molecular formula is C14H27NO. The van der Waals surface area contributed by atoms with E-state index in [0.29, 0.717) is 17.7 Å². The van der Waals surface area contributed by atoms with Gasteiger partial charge >= 0.3 is 0 Å². The van der Waals surface area contributed by atoms with Gasteiger partial charge in [0.1, 0.15) is 0 Å². The highest BCUT2D eigenvalue weighted by atomic mass is 16.2. The van der Waals surface area contributed by atoms with E-state index in [4.69, 9.17) is 0 Å². The molecule has 1 N–H and O–H groups in total. The lowest BCUT2D eigenvalue weighted by atomic mass is 9.65. The molecule has 1 aliphatic rings. The third-order valence-corrected chi connectivity index (χ3v) is 4.40. The molecule has 0 spiro atoms. The summed E-state index contributed by atoms with van der Waals surface area (Å²) in [5.41, 5.74) is -0.119. The van der Waals surface area contributed by atoms with Gasteiger partial charge in [0.05, 0.1) is 5.41 Å². The van der Waals surface area contributed by atoms with Crippen LogP contribution in [0.1, 0.15) is 59.8 Å². The van der Waals surface area contributed by atoms with E-state index in [-0.39, 0.29) is 5.41 Å². The lowest BCUT2D eigenvalue weighted by Gasteiger charge is -2.40. The van der Waals surface area contributed by atoms with E-state index in [2.05, 4.69) is 26.1 Å². The first-order valence-corrected chi connectivity index (χ1v) is 6.84. The number of nitrogens with one attached hydrogen (secondary N) is 1. The summed E-state index contributed by atoms with van der Waals surface area (Å²) >= 11 is 0. The quantitative estimate of drug-likeness (QED) is 0.733. The van der Waals surface area contributed by atoms with Crippen LogP contribution in [0.2, 0.25) is 0 Å². The molecule has 0 heterocycles. The Morgan fingerprint density at radius 2 is 2.06 bits per heavy atom. The molecule has 1 fully saturated rings. The molecule has 0 aliphatic heterocycles. The predicted octanol–water partition coefficient (Wildman–Crippen LogP) is 3.37. The fourth-order valence-corrected chi connectivity index (χ4v) is 3.33. The largest absolute Gasteiger partial charge is 0.356 e. The summed E-state index contributed by atoms with van der Waals surface area (Å²) < 4.78 is 0. The zero-order valence-corrected chi connectivity index (χ0v) is 11.3. The van der Waals surface area contributed by atoms with Crippen molar-refractivity contribution in [2.75, 3.05) is 6.54 Å². The Balaban J connectivity index is 2.96. The number of hydrogen-bond acceptors (Lipinski definition) is 1. The SMILES string of the molecule is CCNC(=O)C1(C(C)C)CCCCCC1C. The van der Waals surface area contributed by atoms with Gasteiger partial charge in [-0.1, -0.05) is 40.0 Å². The van der Waals surface area contributed by atoms with Gasteiger partial charge in [0.2, 0.25) is 5.91 Å². The molecule has 0 saturated heterocycles. The summed E-state index contributed by atoms with van der Waals surface area (Å²) in [7, 11) is 0. The number of carbonyl (C=O) groups is 1. The molecule has 2 nitrogen and oxygen atoms in total. The molecule has 0 bridgehead atoms. The van der Waals surface area contributed by atoms with E-state index in [1.54, 1.807) is 0 Å². The normalized spacial score (nSPS) is 31.2. The van der Waals surface area contributed by atoms with E-state index < -0.39 is 0 Å². The highest BCUT2D eigenvalue weighted by molar-refractivity contribution is 5.83. The maximum absolute atomic E-state index is 12.4. The number of rotatable bonds is 3. The number of amides is 1. The fraction of sp³-hybridized carbons (Fsp3) is 0.929. The molecule has 0 radical (unpaired) electrons. The van der Waals surface area contributed by atoms with Crippen molar-refractivity contribution in [2.24, 2.45) is 17.3 Å². The van der Waals surface area contributed by atoms with Crippen LogP contribution in [0.5, 0.6) is 0 Å². The van der Waals surface area contributed by atoms with Crippen LogP contribution >= 0.6 is 0 Å². The Hall–Kier alpha value is -0.530. The van der Waals surface area contributed by atoms with Crippen LogP contribution in [0.3, 0.4) is 0 Å². The molecule has 1 saturated carbocycles. The first-order chi connectivity index (χ1) is 7.55. The molecule has 0 aromatic carbocycles. The van der Waals surface area contributed by atoms with Gasteiger partial charge in [0, 0.05) is 6.54 Å². The summed E-state index contributed by atoms with van der Waals surface area (Å²) in [6.45, 7) is 9.43. The Morgan fingerprint density at radius 3 is 2.62 bits per heavy atom. The van der Waals surface area contributed by atoms with Crippen molar-refractivity contribution in [1.29, 1.82) is 0 Å². The molecule has 0 aromatic heterocycles. The Kier molecular flexibility index (Phi) is 4.82. The van der Waals surface area contributed by atoms with Gasteiger partial charge in [-0.15, -0.1) is 0 Å². The maximum atomic E-state index is 12.4. The summed E-state index contributed by atoms with van der Waals surface area (Å²) in [5, 5.41) is 3.06. The zero-order chi connectivity index (χ0) is 12.2. The summed E-state index contributed by atoms with van der Waals surface area (Å²) in [4.78, 5) is 12.4. The van der Waals surface area contributed by atoms with Crippen molar-refractivity contribution in [2.45, 2.75) is 59.8 Å². The smallest absolute Gasteiger partial charge is 0.226 e.